The number of hydrogen-bond acceptors (Lipinski definition) is 2. The number of rotatable bonds is 3. The van der Waals surface area contributed by atoms with Crippen LogP contribution in [0.2, 0.25) is 5.02 Å². The quantitative estimate of drug-likeness (QED) is 0.838. The molecule has 0 spiro atoms. The minimum atomic E-state index is -0.997. The fourth-order valence-electron chi connectivity index (χ4n) is 1.16. The third kappa shape index (κ3) is 2.67. The molecule has 5 heteroatoms. The van der Waals surface area contributed by atoms with Gasteiger partial charge in [-0.25, -0.2) is 4.39 Å². The van der Waals surface area contributed by atoms with Crippen LogP contribution in [0, 0.1) is 11.7 Å². The van der Waals surface area contributed by atoms with Crippen LogP contribution in [-0.4, -0.2) is 11.1 Å². The van der Waals surface area contributed by atoms with E-state index < -0.39 is 23.7 Å². The molecule has 0 saturated carbocycles. The van der Waals surface area contributed by atoms with Crippen LogP contribution in [0.15, 0.2) is 18.2 Å². The van der Waals surface area contributed by atoms with Gasteiger partial charge in [-0.1, -0.05) is 24.6 Å². The lowest BCUT2D eigenvalue weighted by molar-refractivity contribution is -0.141. The van der Waals surface area contributed by atoms with Gasteiger partial charge < -0.3 is 10.8 Å². The van der Waals surface area contributed by atoms with Crippen molar-refractivity contribution in [2.75, 3.05) is 0 Å². The number of benzene rings is 1. The number of carbonyl (C=O) groups is 1. The molecular formula is C10H11ClFNO2. The number of nitrogens with two attached hydrogens (primary N) is 1. The van der Waals surface area contributed by atoms with E-state index in [1.54, 1.807) is 0 Å². The molecule has 1 aromatic carbocycles. The van der Waals surface area contributed by atoms with Gasteiger partial charge in [0, 0.05) is 6.04 Å². The van der Waals surface area contributed by atoms with Crippen LogP contribution in [0.1, 0.15) is 18.5 Å². The zero-order valence-electron chi connectivity index (χ0n) is 8.08. The van der Waals surface area contributed by atoms with Crippen molar-refractivity contribution in [3.8, 4) is 0 Å². The average molecular weight is 232 g/mol. The third-order valence-corrected chi connectivity index (χ3v) is 2.55. The molecule has 0 fully saturated rings. The van der Waals surface area contributed by atoms with E-state index in [2.05, 4.69) is 0 Å². The number of carboxylic acids is 1. The molecule has 0 radical (unpaired) electrons. The Bertz CT molecular complexity index is 384. The highest BCUT2D eigenvalue weighted by atomic mass is 35.5. The highest BCUT2D eigenvalue weighted by Gasteiger charge is 2.21. The Morgan fingerprint density at radius 1 is 1.60 bits per heavy atom. The molecule has 0 aliphatic rings. The SMILES string of the molecule is CC(C(=O)O)C(N)c1ccc(F)c(Cl)c1. The van der Waals surface area contributed by atoms with Crippen molar-refractivity contribution in [2.24, 2.45) is 11.7 Å². The lowest BCUT2D eigenvalue weighted by Crippen LogP contribution is -2.25. The average Bonchev–Trinajstić information content (AvgIpc) is 2.19. The van der Waals surface area contributed by atoms with Crippen molar-refractivity contribution >= 4 is 17.6 Å². The summed E-state index contributed by atoms with van der Waals surface area (Å²) < 4.78 is 12.8. The second kappa shape index (κ2) is 4.59. The molecule has 0 aromatic heterocycles. The molecule has 3 N–H and O–H groups in total. The maximum atomic E-state index is 12.8. The third-order valence-electron chi connectivity index (χ3n) is 2.26. The standard InChI is InChI=1S/C10H11ClFNO2/c1-5(10(14)15)9(13)6-2-3-8(12)7(11)4-6/h2-5,9H,13H2,1H3,(H,14,15). The van der Waals surface area contributed by atoms with Crippen LogP contribution < -0.4 is 5.73 Å². The van der Waals surface area contributed by atoms with Gasteiger partial charge in [0.2, 0.25) is 0 Å². The Balaban J connectivity index is 2.96. The number of carboxylic acid groups (broad SMARTS) is 1. The van der Waals surface area contributed by atoms with Crippen LogP contribution >= 0.6 is 11.6 Å². The van der Waals surface area contributed by atoms with Gasteiger partial charge >= 0.3 is 5.97 Å². The molecule has 0 aliphatic carbocycles. The molecule has 1 rings (SSSR count). The minimum absolute atomic E-state index is 0.0551. The Hall–Kier alpha value is -1.13. The maximum Gasteiger partial charge on any atom is 0.308 e. The summed E-state index contributed by atoms with van der Waals surface area (Å²) in [4.78, 5) is 10.7. The van der Waals surface area contributed by atoms with Crippen molar-refractivity contribution in [2.45, 2.75) is 13.0 Å². The maximum absolute atomic E-state index is 12.8. The molecule has 3 nitrogen and oxygen atoms in total. The molecule has 0 heterocycles. The molecule has 15 heavy (non-hydrogen) atoms. The highest BCUT2D eigenvalue weighted by Crippen LogP contribution is 2.24. The smallest absolute Gasteiger partial charge is 0.308 e. The van der Waals surface area contributed by atoms with Crippen molar-refractivity contribution in [1.82, 2.24) is 0 Å². The first-order valence-electron chi connectivity index (χ1n) is 4.37. The van der Waals surface area contributed by atoms with Crippen LogP contribution in [-0.2, 0) is 4.79 Å². The monoisotopic (exact) mass is 231 g/mol. The molecule has 0 saturated heterocycles. The normalized spacial score (nSPS) is 14.7. The predicted molar refractivity (Wildman–Crippen MR) is 55.1 cm³/mol. The summed E-state index contributed by atoms with van der Waals surface area (Å²) in [6.07, 6.45) is 0. The van der Waals surface area contributed by atoms with E-state index in [-0.39, 0.29) is 5.02 Å². The van der Waals surface area contributed by atoms with E-state index in [0.717, 1.165) is 0 Å². The molecule has 0 aliphatic heterocycles. The molecule has 2 atom stereocenters. The van der Waals surface area contributed by atoms with Gasteiger partial charge in [-0.3, -0.25) is 4.79 Å². The summed E-state index contributed by atoms with van der Waals surface area (Å²) in [6, 6.07) is 3.26. The van der Waals surface area contributed by atoms with Gasteiger partial charge in [0.15, 0.2) is 0 Å². The van der Waals surface area contributed by atoms with Crippen molar-refractivity contribution in [1.29, 1.82) is 0 Å². The van der Waals surface area contributed by atoms with Crippen molar-refractivity contribution in [3.05, 3.63) is 34.6 Å². The first-order valence-corrected chi connectivity index (χ1v) is 4.74. The fraction of sp³-hybridized carbons (Fsp3) is 0.300. The molecule has 82 valence electrons. The first-order chi connectivity index (χ1) is 6.93. The minimum Gasteiger partial charge on any atom is -0.481 e. The summed E-state index contributed by atoms with van der Waals surface area (Å²) in [5, 5.41) is 8.70. The van der Waals surface area contributed by atoms with Gasteiger partial charge in [0.1, 0.15) is 5.82 Å². The largest absolute Gasteiger partial charge is 0.481 e. The topological polar surface area (TPSA) is 63.3 Å². The second-order valence-corrected chi connectivity index (χ2v) is 3.73. The second-order valence-electron chi connectivity index (χ2n) is 3.33. The molecule has 1 aromatic rings. The number of aliphatic carboxylic acids is 1. The Morgan fingerprint density at radius 3 is 2.67 bits per heavy atom. The summed E-state index contributed by atoms with van der Waals surface area (Å²) in [6.45, 7) is 1.49. The lowest BCUT2D eigenvalue weighted by atomic mass is 9.95. The summed E-state index contributed by atoms with van der Waals surface area (Å²) in [7, 11) is 0. The predicted octanol–water partition coefficient (Wildman–Crippen LogP) is 2.20. The van der Waals surface area contributed by atoms with Crippen LogP contribution in [0.5, 0.6) is 0 Å². The zero-order chi connectivity index (χ0) is 11.6. The van der Waals surface area contributed by atoms with E-state index in [0.29, 0.717) is 5.56 Å². The Labute approximate surface area is 91.7 Å². The number of hydrogen-bond donors (Lipinski definition) is 2. The van der Waals surface area contributed by atoms with Gasteiger partial charge in [-0.15, -0.1) is 0 Å². The van der Waals surface area contributed by atoms with Gasteiger partial charge in [-0.05, 0) is 17.7 Å². The summed E-state index contributed by atoms with van der Waals surface area (Å²) in [5.41, 5.74) is 6.21. The summed E-state index contributed by atoms with van der Waals surface area (Å²) >= 11 is 5.56. The van der Waals surface area contributed by atoms with E-state index >= 15 is 0 Å². The van der Waals surface area contributed by atoms with E-state index in [9.17, 15) is 9.18 Å². The lowest BCUT2D eigenvalue weighted by Gasteiger charge is -2.16. The van der Waals surface area contributed by atoms with Crippen LogP contribution in [0.3, 0.4) is 0 Å². The zero-order valence-corrected chi connectivity index (χ0v) is 8.83. The highest BCUT2D eigenvalue weighted by molar-refractivity contribution is 6.30. The molecule has 2 unspecified atom stereocenters. The van der Waals surface area contributed by atoms with Crippen molar-refractivity contribution < 1.29 is 14.3 Å². The van der Waals surface area contributed by atoms with E-state index in [1.165, 1.54) is 25.1 Å². The fourth-order valence-corrected chi connectivity index (χ4v) is 1.35. The number of halogens is 2. The molecule has 0 bridgehead atoms. The Morgan fingerprint density at radius 2 is 2.20 bits per heavy atom. The van der Waals surface area contributed by atoms with Gasteiger partial charge in [-0.2, -0.15) is 0 Å². The first kappa shape index (κ1) is 11.9. The van der Waals surface area contributed by atoms with E-state index in [1.807, 2.05) is 0 Å². The van der Waals surface area contributed by atoms with E-state index in [4.69, 9.17) is 22.4 Å². The molecular weight excluding hydrogens is 221 g/mol. The van der Waals surface area contributed by atoms with Gasteiger partial charge in [0.05, 0.1) is 10.9 Å². The summed E-state index contributed by atoms with van der Waals surface area (Å²) in [5.74, 6) is -2.29. The van der Waals surface area contributed by atoms with Crippen molar-refractivity contribution in [3.63, 3.8) is 0 Å². The van der Waals surface area contributed by atoms with Crippen LogP contribution in [0.25, 0.3) is 0 Å². The van der Waals surface area contributed by atoms with Crippen LogP contribution in [0.4, 0.5) is 4.39 Å². The molecule has 0 amide bonds. The Kier molecular flexibility index (Phi) is 3.66. The van der Waals surface area contributed by atoms with Gasteiger partial charge in [0.25, 0.3) is 0 Å².